The molecule has 0 amide bonds. The molecular formula is C15H23ClN6O. The summed E-state index contributed by atoms with van der Waals surface area (Å²) in [6.07, 6.45) is 5.44. The largest absolute Gasteiger partial charge is 0.407 e. The van der Waals surface area contributed by atoms with Crippen molar-refractivity contribution in [3.05, 3.63) is 28.7 Å². The predicted molar refractivity (Wildman–Crippen MR) is 89.9 cm³/mol. The van der Waals surface area contributed by atoms with E-state index in [0.29, 0.717) is 25.0 Å². The predicted octanol–water partition coefficient (Wildman–Crippen LogP) is 1.84. The highest BCUT2D eigenvalue weighted by Gasteiger charge is 2.15. The first-order chi connectivity index (χ1) is 10.8. The minimum absolute atomic E-state index is 0. The second-order valence-electron chi connectivity index (χ2n) is 5.57. The van der Waals surface area contributed by atoms with Gasteiger partial charge in [0.15, 0.2) is 0 Å². The summed E-state index contributed by atoms with van der Waals surface area (Å²) in [6, 6.07) is 0.444. The third-order valence-electron chi connectivity index (χ3n) is 3.86. The lowest BCUT2D eigenvalue weighted by Gasteiger charge is -2.17. The average molecular weight is 339 g/mol. The topological polar surface area (TPSA) is 88.8 Å². The van der Waals surface area contributed by atoms with E-state index in [9.17, 15) is 0 Å². The molecule has 1 aliphatic rings. The minimum Gasteiger partial charge on any atom is -0.407 e. The fraction of sp³-hybridized carbons (Fsp3) is 0.600. The lowest BCUT2D eigenvalue weighted by atomic mass is 9.95. The van der Waals surface area contributed by atoms with Crippen molar-refractivity contribution in [3.8, 4) is 0 Å². The van der Waals surface area contributed by atoms with Crippen LogP contribution in [0, 0.1) is 6.92 Å². The number of hydrogen-bond acceptors (Lipinski definition) is 7. The van der Waals surface area contributed by atoms with Crippen LogP contribution in [0.15, 0.2) is 4.42 Å². The van der Waals surface area contributed by atoms with Gasteiger partial charge in [0.25, 0.3) is 0 Å². The smallest absolute Gasteiger partial charge is 0.315 e. The number of nitrogens with one attached hydrogen (secondary N) is 2. The second-order valence-corrected chi connectivity index (χ2v) is 5.57. The van der Waals surface area contributed by atoms with Crippen molar-refractivity contribution >= 4 is 18.4 Å². The highest BCUT2D eigenvalue weighted by molar-refractivity contribution is 5.85. The molecule has 0 saturated carbocycles. The number of aryl methyl sites for hydroxylation is 2. The fourth-order valence-electron chi connectivity index (χ4n) is 2.79. The van der Waals surface area contributed by atoms with Crippen molar-refractivity contribution < 1.29 is 4.42 Å². The molecule has 126 valence electrons. The van der Waals surface area contributed by atoms with Gasteiger partial charge in [-0.2, -0.15) is 0 Å². The van der Waals surface area contributed by atoms with Crippen molar-refractivity contribution in [2.45, 2.75) is 45.6 Å². The van der Waals surface area contributed by atoms with Crippen LogP contribution in [0.5, 0.6) is 0 Å². The SMILES string of the molecule is CNCc1nnc(NCCc2nc(C)c3c(n2)CCCC3)o1.Cl. The second kappa shape index (κ2) is 8.21. The molecule has 0 radical (unpaired) electrons. The number of nitrogens with zero attached hydrogens (tertiary/aromatic N) is 4. The van der Waals surface area contributed by atoms with Crippen molar-refractivity contribution in [3.63, 3.8) is 0 Å². The molecule has 1 aliphatic carbocycles. The summed E-state index contributed by atoms with van der Waals surface area (Å²) in [5.41, 5.74) is 3.73. The van der Waals surface area contributed by atoms with Gasteiger partial charge in [-0.3, -0.25) is 0 Å². The van der Waals surface area contributed by atoms with E-state index in [2.05, 4.69) is 32.7 Å². The number of hydrogen-bond donors (Lipinski definition) is 2. The first-order valence-electron chi connectivity index (χ1n) is 7.82. The molecule has 0 saturated heterocycles. The maximum Gasteiger partial charge on any atom is 0.315 e. The van der Waals surface area contributed by atoms with E-state index in [1.807, 2.05) is 7.05 Å². The molecule has 2 N–H and O–H groups in total. The molecule has 0 aliphatic heterocycles. The summed E-state index contributed by atoms with van der Waals surface area (Å²) >= 11 is 0. The maximum absolute atomic E-state index is 5.44. The molecule has 0 atom stereocenters. The molecule has 0 aromatic carbocycles. The van der Waals surface area contributed by atoms with Gasteiger partial charge in [0.05, 0.1) is 6.54 Å². The lowest BCUT2D eigenvalue weighted by Crippen LogP contribution is -2.14. The number of rotatable bonds is 6. The zero-order valence-electron chi connectivity index (χ0n) is 13.6. The van der Waals surface area contributed by atoms with Gasteiger partial charge in [-0.25, -0.2) is 9.97 Å². The van der Waals surface area contributed by atoms with E-state index in [1.165, 1.54) is 24.1 Å². The average Bonchev–Trinajstić information content (AvgIpc) is 2.95. The van der Waals surface area contributed by atoms with Crippen LogP contribution in [-0.4, -0.2) is 33.8 Å². The molecule has 7 nitrogen and oxygen atoms in total. The normalized spacial score (nSPS) is 13.3. The van der Waals surface area contributed by atoms with E-state index in [-0.39, 0.29) is 12.4 Å². The molecule has 2 aromatic heterocycles. The molecule has 2 heterocycles. The van der Waals surface area contributed by atoms with Crippen molar-refractivity contribution in [1.82, 2.24) is 25.5 Å². The van der Waals surface area contributed by atoms with E-state index < -0.39 is 0 Å². The summed E-state index contributed by atoms with van der Waals surface area (Å²) in [6.45, 7) is 3.34. The molecule has 3 rings (SSSR count). The first kappa shape index (κ1) is 17.6. The van der Waals surface area contributed by atoms with Crippen LogP contribution < -0.4 is 10.6 Å². The number of halogens is 1. The van der Waals surface area contributed by atoms with Gasteiger partial charge in [0.2, 0.25) is 5.89 Å². The van der Waals surface area contributed by atoms with Gasteiger partial charge in [-0.05, 0) is 45.2 Å². The summed E-state index contributed by atoms with van der Waals surface area (Å²) in [7, 11) is 1.84. The van der Waals surface area contributed by atoms with Crippen LogP contribution >= 0.6 is 12.4 Å². The minimum atomic E-state index is 0. The molecule has 0 unspecified atom stereocenters. The Morgan fingerprint density at radius 2 is 1.96 bits per heavy atom. The number of fused-ring (bicyclic) bond motifs is 1. The van der Waals surface area contributed by atoms with Crippen LogP contribution in [0.2, 0.25) is 0 Å². The zero-order chi connectivity index (χ0) is 15.4. The van der Waals surface area contributed by atoms with Crippen molar-refractivity contribution in [2.75, 3.05) is 18.9 Å². The Balaban J connectivity index is 0.00000192. The zero-order valence-corrected chi connectivity index (χ0v) is 14.4. The molecule has 0 bridgehead atoms. The summed E-state index contributed by atoms with van der Waals surface area (Å²) in [5, 5.41) is 14.0. The van der Waals surface area contributed by atoms with E-state index in [4.69, 9.17) is 9.40 Å². The Morgan fingerprint density at radius 3 is 2.78 bits per heavy atom. The molecule has 0 fully saturated rings. The molecular weight excluding hydrogens is 316 g/mol. The van der Waals surface area contributed by atoms with Gasteiger partial charge in [0, 0.05) is 24.4 Å². The summed E-state index contributed by atoms with van der Waals surface area (Å²) in [5.74, 6) is 1.46. The quantitative estimate of drug-likeness (QED) is 0.830. The first-order valence-corrected chi connectivity index (χ1v) is 7.82. The Bertz CT molecular complexity index is 645. The van der Waals surface area contributed by atoms with Crippen LogP contribution in [-0.2, 0) is 25.8 Å². The van der Waals surface area contributed by atoms with Gasteiger partial charge < -0.3 is 15.1 Å². The van der Waals surface area contributed by atoms with Crippen molar-refractivity contribution in [2.24, 2.45) is 0 Å². The van der Waals surface area contributed by atoms with Crippen LogP contribution in [0.3, 0.4) is 0 Å². The van der Waals surface area contributed by atoms with Crippen LogP contribution in [0.4, 0.5) is 6.01 Å². The summed E-state index contributed by atoms with van der Waals surface area (Å²) in [4.78, 5) is 9.34. The Kier molecular flexibility index (Phi) is 6.29. The molecule has 0 spiro atoms. The van der Waals surface area contributed by atoms with E-state index >= 15 is 0 Å². The fourth-order valence-corrected chi connectivity index (χ4v) is 2.79. The number of anilines is 1. The van der Waals surface area contributed by atoms with Crippen LogP contribution in [0.25, 0.3) is 0 Å². The number of aromatic nitrogens is 4. The standard InChI is InChI=1S/C15H22N6O.ClH/c1-10-11-5-3-4-6-12(11)19-13(18-10)7-8-17-15-21-20-14(22-15)9-16-2;/h16H,3-9H2,1-2H3,(H,17,21);1H. The highest BCUT2D eigenvalue weighted by Crippen LogP contribution is 2.21. The highest BCUT2D eigenvalue weighted by atomic mass is 35.5. The summed E-state index contributed by atoms with van der Waals surface area (Å²) < 4.78 is 5.44. The molecule has 23 heavy (non-hydrogen) atoms. The Labute approximate surface area is 142 Å². The Morgan fingerprint density at radius 1 is 1.13 bits per heavy atom. The lowest BCUT2D eigenvalue weighted by molar-refractivity contribution is 0.489. The van der Waals surface area contributed by atoms with Gasteiger partial charge >= 0.3 is 6.01 Å². The van der Waals surface area contributed by atoms with Gasteiger partial charge in [-0.1, -0.05) is 5.10 Å². The monoisotopic (exact) mass is 338 g/mol. The van der Waals surface area contributed by atoms with Crippen LogP contribution in [0.1, 0.15) is 41.5 Å². The Hall–Kier alpha value is -1.73. The molecule has 2 aromatic rings. The van der Waals surface area contributed by atoms with Crippen molar-refractivity contribution in [1.29, 1.82) is 0 Å². The third-order valence-corrected chi connectivity index (χ3v) is 3.86. The van der Waals surface area contributed by atoms with E-state index in [1.54, 1.807) is 0 Å². The van der Waals surface area contributed by atoms with Gasteiger partial charge in [0.1, 0.15) is 5.82 Å². The van der Waals surface area contributed by atoms with Gasteiger partial charge in [-0.15, -0.1) is 17.5 Å². The van der Waals surface area contributed by atoms with E-state index in [0.717, 1.165) is 30.8 Å². The maximum atomic E-state index is 5.44. The molecule has 8 heteroatoms. The third kappa shape index (κ3) is 4.39.